The van der Waals surface area contributed by atoms with Crippen LogP contribution in [0.5, 0.6) is 0 Å². The summed E-state index contributed by atoms with van der Waals surface area (Å²) in [6.07, 6.45) is 7.40. The molecular weight excluding hydrogens is 210 g/mol. The monoisotopic (exact) mass is 225 g/mol. The van der Waals surface area contributed by atoms with E-state index < -0.39 is 0 Å². The summed E-state index contributed by atoms with van der Waals surface area (Å²) in [6.45, 7) is 1.79. The third-order valence-electron chi connectivity index (χ3n) is 3.00. The smallest absolute Gasteiger partial charge is 0.137 e. The Morgan fingerprint density at radius 3 is 3.00 bits per heavy atom. The summed E-state index contributed by atoms with van der Waals surface area (Å²) in [5.41, 5.74) is 9.16. The zero-order valence-corrected chi connectivity index (χ0v) is 9.63. The van der Waals surface area contributed by atoms with Gasteiger partial charge < -0.3 is 10.6 Å². The maximum absolute atomic E-state index is 6.02. The summed E-state index contributed by atoms with van der Waals surface area (Å²) in [5.74, 6) is 1.01. The molecule has 2 aliphatic heterocycles. The van der Waals surface area contributed by atoms with Crippen LogP contribution >= 0.6 is 0 Å². The Kier molecular flexibility index (Phi) is 2.44. The number of hydrogen-bond acceptors (Lipinski definition) is 3. The van der Waals surface area contributed by atoms with E-state index in [1.54, 1.807) is 0 Å². The molecule has 2 aliphatic rings. The average molecular weight is 225 g/mol. The second kappa shape index (κ2) is 4.09. The van der Waals surface area contributed by atoms with Gasteiger partial charge in [0.05, 0.1) is 6.54 Å². The molecule has 86 valence electrons. The van der Waals surface area contributed by atoms with Crippen molar-refractivity contribution in [3.8, 4) is 0 Å². The minimum Gasteiger partial charge on any atom is -0.398 e. The number of allylic oxidation sites excluding steroid dienone is 2. The van der Waals surface area contributed by atoms with E-state index in [2.05, 4.69) is 28.1 Å². The van der Waals surface area contributed by atoms with Crippen molar-refractivity contribution in [2.45, 2.75) is 6.42 Å². The van der Waals surface area contributed by atoms with Gasteiger partial charge in [-0.15, -0.1) is 0 Å². The predicted octanol–water partition coefficient (Wildman–Crippen LogP) is 2.17. The van der Waals surface area contributed by atoms with Crippen LogP contribution in [0.25, 0.3) is 0 Å². The number of nitrogens with two attached hydrogens (primary N) is 1. The Balaban J connectivity index is 2.00. The highest BCUT2D eigenvalue weighted by Gasteiger charge is 2.31. The summed E-state index contributed by atoms with van der Waals surface area (Å²) < 4.78 is 0. The molecule has 1 fully saturated rings. The van der Waals surface area contributed by atoms with Crippen LogP contribution in [0.15, 0.2) is 53.2 Å². The summed E-state index contributed by atoms with van der Waals surface area (Å²) in [6, 6.07) is 7.92. The highest BCUT2D eigenvalue weighted by atomic mass is 15.3. The number of aliphatic imine (C=N–C) groups is 1. The van der Waals surface area contributed by atoms with Crippen LogP contribution in [0.3, 0.4) is 0 Å². The van der Waals surface area contributed by atoms with Gasteiger partial charge in [0.15, 0.2) is 0 Å². The molecule has 3 heteroatoms. The van der Waals surface area contributed by atoms with Gasteiger partial charge in [-0.05, 0) is 24.6 Å². The van der Waals surface area contributed by atoms with Crippen molar-refractivity contribution >= 4 is 11.5 Å². The first kappa shape index (κ1) is 10.1. The van der Waals surface area contributed by atoms with E-state index in [0.717, 1.165) is 36.6 Å². The molecule has 0 atom stereocenters. The lowest BCUT2D eigenvalue weighted by Gasteiger charge is -2.10. The Labute approximate surface area is 101 Å². The molecule has 3 rings (SSSR count). The molecule has 0 radical (unpaired) electrons. The first-order valence-corrected chi connectivity index (χ1v) is 5.89. The van der Waals surface area contributed by atoms with Gasteiger partial charge in [0.25, 0.3) is 0 Å². The fourth-order valence-corrected chi connectivity index (χ4v) is 2.02. The summed E-state index contributed by atoms with van der Waals surface area (Å²) in [7, 11) is 0. The molecule has 0 unspecified atom stereocenters. The molecule has 0 amide bonds. The predicted molar refractivity (Wildman–Crippen MR) is 70.8 cm³/mol. The van der Waals surface area contributed by atoms with Crippen LogP contribution in [0.1, 0.15) is 12.0 Å². The minimum absolute atomic E-state index is 0.796. The molecule has 0 aliphatic carbocycles. The van der Waals surface area contributed by atoms with Crippen LogP contribution in [-0.4, -0.2) is 23.8 Å². The van der Waals surface area contributed by atoms with E-state index in [4.69, 9.17) is 5.73 Å². The fourth-order valence-electron chi connectivity index (χ4n) is 2.02. The normalized spacial score (nSPS) is 18.5. The molecule has 0 saturated carbocycles. The van der Waals surface area contributed by atoms with E-state index in [-0.39, 0.29) is 0 Å². The van der Waals surface area contributed by atoms with E-state index in [1.807, 2.05) is 24.3 Å². The van der Waals surface area contributed by atoms with E-state index in [0.29, 0.717) is 0 Å². The van der Waals surface area contributed by atoms with Crippen molar-refractivity contribution in [2.75, 3.05) is 18.8 Å². The number of rotatable bonds is 1. The highest BCUT2D eigenvalue weighted by molar-refractivity contribution is 6.05. The van der Waals surface area contributed by atoms with Crippen molar-refractivity contribution in [2.24, 2.45) is 4.99 Å². The van der Waals surface area contributed by atoms with Crippen molar-refractivity contribution in [1.82, 2.24) is 4.90 Å². The summed E-state index contributed by atoms with van der Waals surface area (Å²) in [4.78, 5) is 6.88. The van der Waals surface area contributed by atoms with Gasteiger partial charge in [-0.25, -0.2) is 0 Å². The lowest BCUT2D eigenvalue weighted by molar-refractivity contribution is 0.856. The molecule has 0 bridgehead atoms. The van der Waals surface area contributed by atoms with Gasteiger partial charge in [-0.1, -0.05) is 24.3 Å². The number of nitrogens with zero attached hydrogens (tertiary/aromatic N) is 2. The van der Waals surface area contributed by atoms with Gasteiger partial charge in [-0.2, -0.15) is 0 Å². The topological polar surface area (TPSA) is 41.4 Å². The van der Waals surface area contributed by atoms with Crippen LogP contribution in [0.2, 0.25) is 0 Å². The van der Waals surface area contributed by atoms with Gasteiger partial charge >= 0.3 is 0 Å². The molecule has 0 aromatic heterocycles. The molecular formula is C14H15N3. The largest absolute Gasteiger partial charge is 0.398 e. The van der Waals surface area contributed by atoms with Gasteiger partial charge in [0, 0.05) is 23.5 Å². The van der Waals surface area contributed by atoms with Crippen molar-refractivity contribution < 1.29 is 0 Å². The Morgan fingerprint density at radius 1 is 1.24 bits per heavy atom. The van der Waals surface area contributed by atoms with Crippen molar-refractivity contribution in [3.05, 3.63) is 53.8 Å². The number of amidine groups is 1. The van der Waals surface area contributed by atoms with E-state index in [9.17, 15) is 0 Å². The molecule has 3 nitrogen and oxygen atoms in total. The fraction of sp³-hybridized carbons (Fsp3) is 0.214. The zero-order chi connectivity index (χ0) is 11.7. The molecule has 1 aromatic rings. The minimum atomic E-state index is 0.796. The summed E-state index contributed by atoms with van der Waals surface area (Å²) in [5, 5.41) is 0. The number of fused-ring (bicyclic) bond motifs is 1. The number of anilines is 1. The number of benzene rings is 1. The second-order valence-corrected chi connectivity index (χ2v) is 4.25. The number of hydrogen-bond donors (Lipinski definition) is 1. The lowest BCUT2D eigenvalue weighted by Crippen LogP contribution is -2.14. The Hall–Kier alpha value is -2.03. The maximum atomic E-state index is 6.02. The summed E-state index contributed by atoms with van der Waals surface area (Å²) >= 11 is 0. The van der Waals surface area contributed by atoms with Gasteiger partial charge in [0.1, 0.15) is 5.84 Å². The van der Waals surface area contributed by atoms with Gasteiger partial charge in [-0.3, -0.25) is 4.99 Å². The van der Waals surface area contributed by atoms with Crippen molar-refractivity contribution in [3.63, 3.8) is 0 Å². The van der Waals surface area contributed by atoms with Crippen LogP contribution < -0.4 is 5.73 Å². The van der Waals surface area contributed by atoms with Crippen LogP contribution in [0, 0.1) is 0 Å². The standard InChI is InChI=1S/C14H15N3/c15-13-8-4-3-7-12(13)14-16-9-5-1-2-6-11-10-17(11)14/h1-4,6-8H,5,9-10,15H2. The van der Waals surface area contributed by atoms with Gasteiger partial charge in [0.2, 0.25) is 0 Å². The van der Waals surface area contributed by atoms with E-state index in [1.165, 1.54) is 5.70 Å². The number of nitrogen functional groups attached to an aromatic ring is 1. The highest BCUT2D eigenvalue weighted by Crippen LogP contribution is 2.28. The van der Waals surface area contributed by atoms with Crippen molar-refractivity contribution in [1.29, 1.82) is 0 Å². The SMILES string of the molecule is Nc1ccccc1C1=NCCC=CC=C2CN21. The molecule has 2 heterocycles. The lowest BCUT2D eigenvalue weighted by atomic mass is 10.1. The third kappa shape index (κ3) is 1.96. The third-order valence-corrected chi connectivity index (χ3v) is 3.00. The Morgan fingerprint density at radius 2 is 2.12 bits per heavy atom. The molecule has 1 saturated heterocycles. The van der Waals surface area contributed by atoms with Crippen LogP contribution in [0.4, 0.5) is 5.69 Å². The molecule has 17 heavy (non-hydrogen) atoms. The Bertz CT molecular complexity index is 526. The molecule has 2 N–H and O–H groups in total. The number of para-hydroxylation sites is 1. The zero-order valence-electron chi connectivity index (χ0n) is 9.63. The van der Waals surface area contributed by atoms with Crippen LogP contribution in [-0.2, 0) is 0 Å². The molecule has 1 aromatic carbocycles. The first-order chi connectivity index (χ1) is 8.36. The quantitative estimate of drug-likeness (QED) is 0.588. The molecule has 0 spiro atoms. The van der Waals surface area contributed by atoms with E-state index >= 15 is 0 Å². The maximum Gasteiger partial charge on any atom is 0.137 e. The average Bonchev–Trinajstić information content (AvgIpc) is 3.08. The first-order valence-electron chi connectivity index (χ1n) is 5.89. The second-order valence-electron chi connectivity index (χ2n) is 4.25.